The van der Waals surface area contributed by atoms with Crippen LogP contribution in [-0.4, -0.2) is 115 Å². The zero-order chi connectivity index (χ0) is 27.8. The molecular weight excluding hydrogens is 490 g/mol. The number of hydrogen-bond donors (Lipinski definition) is 3. The van der Waals surface area contributed by atoms with E-state index in [-0.39, 0.29) is 36.4 Å². The molecule has 1 aromatic carbocycles. The van der Waals surface area contributed by atoms with Crippen LogP contribution in [0.1, 0.15) is 44.5 Å². The number of morpholine rings is 1. The fourth-order valence-electron chi connectivity index (χ4n) is 4.54. The maximum Gasteiger partial charge on any atom is 0.317 e. The predicted molar refractivity (Wildman–Crippen MR) is 144 cm³/mol. The van der Waals surface area contributed by atoms with Gasteiger partial charge in [0.1, 0.15) is 11.9 Å². The number of benzene rings is 1. The fourth-order valence-corrected chi connectivity index (χ4v) is 4.54. The van der Waals surface area contributed by atoms with Gasteiger partial charge >= 0.3 is 6.03 Å². The van der Waals surface area contributed by atoms with E-state index in [0.717, 1.165) is 13.1 Å². The average Bonchev–Trinajstić information content (AvgIpc) is 2.89. The molecule has 0 aliphatic carbocycles. The Morgan fingerprint density at radius 2 is 1.92 bits per heavy atom. The molecule has 38 heavy (non-hydrogen) atoms. The van der Waals surface area contributed by atoms with Crippen LogP contribution in [-0.2, 0) is 9.53 Å². The van der Waals surface area contributed by atoms with Crippen molar-refractivity contribution in [1.82, 2.24) is 20.0 Å². The van der Waals surface area contributed by atoms with Crippen LogP contribution >= 0.6 is 0 Å². The van der Waals surface area contributed by atoms with E-state index in [1.54, 1.807) is 42.0 Å². The second-order valence-electron chi connectivity index (χ2n) is 10.6. The maximum absolute atomic E-state index is 13.6. The number of nitrogens with one attached hydrogen (secondary N) is 2. The standard InChI is InChI=1S/C27H43N5O6/c1-18(2)28-27(36)30(5)16-24-19(3)15-32(20(4)17-33)26(35)22-14-21(6-7-23(22)38-24)29-25(34)8-9-31-10-12-37-13-11-31/h6-7,14,18-20,24,33H,8-13,15-17H2,1-5H3,(H,28,36)(H,29,34)/t19-,20+,24-/m0/s1. The van der Waals surface area contributed by atoms with Gasteiger partial charge in [0.15, 0.2) is 0 Å². The quantitative estimate of drug-likeness (QED) is 0.441. The monoisotopic (exact) mass is 533 g/mol. The van der Waals surface area contributed by atoms with Crippen molar-refractivity contribution in [2.24, 2.45) is 5.92 Å². The molecule has 212 valence electrons. The number of rotatable bonds is 9. The molecule has 2 aliphatic rings. The third-order valence-corrected chi connectivity index (χ3v) is 6.92. The Labute approximate surface area is 225 Å². The highest BCUT2D eigenvalue weighted by atomic mass is 16.5. The van der Waals surface area contributed by atoms with Crippen molar-refractivity contribution >= 4 is 23.5 Å². The van der Waals surface area contributed by atoms with Crippen molar-refractivity contribution in [2.75, 3.05) is 64.9 Å². The van der Waals surface area contributed by atoms with E-state index in [1.165, 1.54) is 0 Å². The Bertz CT molecular complexity index is 967. The Kier molecular flexibility index (Phi) is 10.7. The largest absolute Gasteiger partial charge is 0.487 e. The molecule has 0 spiro atoms. The molecule has 3 atom stereocenters. The number of likely N-dealkylation sites (N-methyl/N-ethyl adjacent to an activating group) is 1. The van der Waals surface area contributed by atoms with E-state index >= 15 is 0 Å². The fraction of sp³-hybridized carbons (Fsp3) is 0.667. The van der Waals surface area contributed by atoms with Crippen molar-refractivity contribution in [1.29, 1.82) is 0 Å². The molecule has 0 saturated carbocycles. The Balaban J connectivity index is 1.79. The third kappa shape index (κ3) is 8.05. The molecule has 1 saturated heterocycles. The second-order valence-corrected chi connectivity index (χ2v) is 10.6. The van der Waals surface area contributed by atoms with Gasteiger partial charge in [-0.3, -0.25) is 14.5 Å². The topological polar surface area (TPSA) is 124 Å². The van der Waals surface area contributed by atoms with Crippen LogP contribution < -0.4 is 15.4 Å². The van der Waals surface area contributed by atoms with Crippen molar-refractivity contribution in [2.45, 2.75) is 52.3 Å². The predicted octanol–water partition coefficient (Wildman–Crippen LogP) is 1.62. The minimum atomic E-state index is -0.412. The summed E-state index contributed by atoms with van der Waals surface area (Å²) in [5.41, 5.74) is 0.811. The summed E-state index contributed by atoms with van der Waals surface area (Å²) in [5.74, 6) is -0.150. The number of carbonyl (C=O) groups is 3. The Morgan fingerprint density at radius 1 is 1.21 bits per heavy atom. The van der Waals surface area contributed by atoms with Gasteiger partial charge in [-0.2, -0.15) is 0 Å². The molecule has 2 heterocycles. The molecule has 1 fully saturated rings. The van der Waals surface area contributed by atoms with E-state index in [1.807, 2.05) is 20.8 Å². The van der Waals surface area contributed by atoms with E-state index < -0.39 is 12.1 Å². The first kappa shape index (κ1) is 29.7. The molecule has 0 bridgehead atoms. The van der Waals surface area contributed by atoms with Crippen LogP contribution in [0.2, 0.25) is 0 Å². The van der Waals surface area contributed by atoms with Gasteiger partial charge in [-0.1, -0.05) is 6.92 Å². The number of fused-ring (bicyclic) bond motifs is 1. The second kappa shape index (κ2) is 13.8. The number of hydrogen-bond acceptors (Lipinski definition) is 7. The van der Waals surface area contributed by atoms with Gasteiger partial charge in [0, 0.05) is 57.3 Å². The van der Waals surface area contributed by atoms with Crippen LogP contribution in [0.4, 0.5) is 10.5 Å². The number of amides is 4. The van der Waals surface area contributed by atoms with Gasteiger partial charge < -0.3 is 35.0 Å². The van der Waals surface area contributed by atoms with Crippen molar-refractivity contribution in [3.8, 4) is 5.75 Å². The molecule has 0 aromatic heterocycles. The Morgan fingerprint density at radius 3 is 2.58 bits per heavy atom. The van der Waals surface area contributed by atoms with E-state index in [2.05, 4.69) is 15.5 Å². The summed E-state index contributed by atoms with van der Waals surface area (Å²) in [4.78, 5) is 44.1. The van der Waals surface area contributed by atoms with Gasteiger partial charge in [0.05, 0.1) is 38.0 Å². The summed E-state index contributed by atoms with van der Waals surface area (Å²) < 4.78 is 11.7. The lowest BCUT2D eigenvalue weighted by Crippen LogP contribution is -2.51. The molecule has 3 rings (SSSR count). The third-order valence-electron chi connectivity index (χ3n) is 6.92. The normalized spacial score (nSPS) is 21.1. The highest BCUT2D eigenvalue weighted by molar-refractivity contribution is 6.00. The van der Waals surface area contributed by atoms with Gasteiger partial charge in [-0.15, -0.1) is 0 Å². The summed E-state index contributed by atoms with van der Waals surface area (Å²) in [6, 6.07) is 4.42. The summed E-state index contributed by atoms with van der Waals surface area (Å²) in [6.45, 7) is 11.6. The number of urea groups is 1. The van der Waals surface area contributed by atoms with Gasteiger partial charge in [-0.25, -0.2) is 4.79 Å². The lowest BCUT2D eigenvalue weighted by molar-refractivity contribution is -0.116. The van der Waals surface area contributed by atoms with E-state index in [9.17, 15) is 19.5 Å². The molecule has 11 nitrogen and oxygen atoms in total. The number of ether oxygens (including phenoxy) is 2. The zero-order valence-corrected chi connectivity index (χ0v) is 23.2. The lowest BCUT2D eigenvalue weighted by Gasteiger charge is -2.38. The summed E-state index contributed by atoms with van der Waals surface area (Å²) >= 11 is 0. The maximum atomic E-state index is 13.6. The van der Waals surface area contributed by atoms with E-state index in [0.29, 0.717) is 56.3 Å². The first-order valence-electron chi connectivity index (χ1n) is 13.4. The molecule has 11 heteroatoms. The highest BCUT2D eigenvalue weighted by Crippen LogP contribution is 2.30. The lowest BCUT2D eigenvalue weighted by atomic mass is 9.99. The highest BCUT2D eigenvalue weighted by Gasteiger charge is 2.34. The molecule has 3 N–H and O–H groups in total. The summed E-state index contributed by atoms with van der Waals surface area (Å²) in [5, 5.41) is 15.6. The zero-order valence-electron chi connectivity index (χ0n) is 23.2. The number of carbonyl (C=O) groups excluding carboxylic acids is 3. The summed E-state index contributed by atoms with van der Waals surface area (Å²) in [7, 11) is 1.71. The number of nitrogens with zero attached hydrogens (tertiary/aromatic N) is 3. The van der Waals surface area contributed by atoms with Gasteiger partial charge in [-0.05, 0) is 39.0 Å². The summed E-state index contributed by atoms with van der Waals surface area (Å²) in [6.07, 6.45) is -0.0633. The van der Waals surface area contributed by atoms with Crippen LogP contribution in [0.5, 0.6) is 5.75 Å². The van der Waals surface area contributed by atoms with Crippen LogP contribution in [0.3, 0.4) is 0 Å². The van der Waals surface area contributed by atoms with Crippen LogP contribution in [0.25, 0.3) is 0 Å². The molecule has 1 aromatic rings. The van der Waals surface area contributed by atoms with Crippen molar-refractivity contribution in [3.05, 3.63) is 23.8 Å². The Hall–Kier alpha value is -2.89. The van der Waals surface area contributed by atoms with E-state index in [4.69, 9.17) is 9.47 Å². The molecule has 0 unspecified atom stereocenters. The van der Waals surface area contributed by atoms with Gasteiger partial charge in [0.2, 0.25) is 5.91 Å². The first-order valence-corrected chi connectivity index (χ1v) is 13.4. The molecule has 0 radical (unpaired) electrons. The minimum Gasteiger partial charge on any atom is -0.487 e. The molecular formula is C27H43N5O6. The number of aliphatic hydroxyl groups is 1. The van der Waals surface area contributed by atoms with Crippen molar-refractivity contribution < 1.29 is 29.0 Å². The smallest absolute Gasteiger partial charge is 0.317 e. The molecule has 4 amide bonds. The number of aliphatic hydroxyl groups excluding tert-OH is 1. The minimum absolute atomic E-state index is 0.00219. The van der Waals surface area contributed by atoms with Crippen LogP contribution in [0.15, 0.2) is 18.2 Å². The SMILES string of the molecule is CC(C)NC(=O)N(C)C[C@@H]1Oc2ccc(NC(=O)CCN3CCOCC3)cc2C(=O)N([C@H](C)CO)C[C@@H]1C. The number of anilines is 1. The van der Waals surface area contributed by atoms with Crippen LogP contribution in [0, 0.1) is 5.92 Å². The van der Waals surface area contributed by atoms with Crippen molar-refractivity contribution in [3.63, 3.8) is 0 Å². The average molecular weight is 534 g/mol. The molecule has 2 aliphatic heterocycles. The van der Waals surface area contributed by atoms with Gasteiger partial charge in [0.25, 0.3) is 5.91 Å². The first-order chi connectivity index (χ1) is 18.1.